The molecule has 0 aliphatic rings. The Balaban J connectivity index is 1.99. The van der Waals surface area contributed by atoms with Gasteiger partial charge in [-0.3, -0.25) is 4.68 Å². The first kappa shape index (κ1) is 12.5. The van der Waals surface area contributed by atoms with Gasteiger partial charge in [0.25, 0.3) is 0 Å². The number of anilines is 2. The first-order valence-corrected chi connectivity index (χ1v) is 6.52. The van der Waals surface area contributed by atoms with Gasteiger partial charge in [0.15, 0.2) is 0 Å². The van der Waals surface area contributed by atoms with E-state index in [0.29, 0.717) is 11.9 Å². The quantitative estimate of drug-likeness (QED) is 0.763. The van der Waals surface area contributed by atoms with Crippen molar-refractivity contribution in [3.05, 3.63) is 42.9 Å². The molecule has 0 fully saturated rings. The van der Waals surface area contributed by atoms with Gasteiger partial charge in [-0.1, -0.05) is 6.07 Å². The minimum Gasteiger partial charge on any atom is -0.508 e. The molecule has 0 aliphatic carbocycles. The van der Waals surface area contributed by atoms with Crippen LogP contribution in [-0.2, 0) is 0 Å². The fourth-order valence-corrected chi connectivity index (χ4v) is 2.08. The molecule has 0 saturated heterocycles. The summed E-state index contributed by atoms with van der Waals surface area (Å²) >= 11 is 0. The van der Waals surface area contributed by atoms with E-state index >= 15 is 0 Å². The molecule has 0 unspecified atom stereocenters. The fraction of sp³-hybridized carbons (Fsp3) is 0.200. The normalized spacial score (nSPS) is 11.2. The number of pyridine rings is 1. The van der Waals surface area contributed by atoms with Crippen molar-refractivity contribution in [2.75, 3.05) is 5.32 Å². The lowest BCUT2D eigenvalue weighted by atomic mass is 10.1. The lowest BCUT2D eigenvalue weighted by Crippen LogP contribution is -2.00. The molecular formula is C15H16N4O. The smallest absolute Gasteiger partial charge is 0.138 e. The van der Waals surface area contributed by atoms with E-state index in [1.165, 1.54) is 0 Å². The van der Waals surface area contributed by atoms with Crippen molar-refractivity contribution in [1.82, 2.24) is 14.8 Å². The summed E-state index contributed by atoms with van der Waals surface area (Å²) in [6.45, 7) is 4.15. The molecule has 0 spiro atoms. The second-order valence-corrected chi connectivity index (χ2v) is 4.99. The van der Waals surface area contributed by atoms with Gasteiger partial charge in [0.1, 0.15) is 11.6 Å². The molecule has 3 rings (SSSR count). The molecule has 5 heteroatoms. The van der Waals surface area contributed by atoms with Crippen LogP contribution in [0.5, 0.6) is 5.75 Å². The molecule has 2 aromatic heterocycles. The standard InChI is InChI=1S/C15H16N4O/c1-10(2)19-9-12(8-17-19)18-15-14-7-13(20)4-3-11(14)5-6-16-15/h3-10,20H,1-2H3,(H,16,18). The van der Waals surface area contributed by atoms with Crippen LogP contribution in [0.4, 0.5) is 11.5 Å². The Morgan fingerprint density at radius 3 is 2.85 bits per heavy atom. The average Bonchev–Trinajstić information content (AvgIpc) is 2.88. The van der Waals surface area contributed by atoms with Gasteiger partial charge in [0, 0.05) is 23.8 Å². The van der Waals surface area contributed by atoms with Crippen LogP contribution >= 0.6 is 0 Å². The molecule has 0 amide bonds. The van der Waals surface area contributed by atoms with Crippen molar-refractivity contribution >= 4 is 22.3 Å². The minimum absolute atomic E-state index is 0.228. The van der Waals surface area contributed by atoms with Gasteiger partial charge in [-0.05, 0) is 37.4 Å². The number of phenols is 1. The zero-order valence-electron chi connectivity index (χ0n) is 11.4. The van der Waals surface area contributed by atoms with E-state index in [1.54, 1.807) is 24.5 Å². The van der Waals surface area contributed by atoms with Gasteiger partial charge >= 0.3 is 0 Å². The Labute approximate surface area is 116 Å². The predicted octanol–water partition coefficient (Wildman–Crippen LogP) is 3.46. The highest BCUT2D eigenvalue weighted by Crippen LogP contribution is 2.27. The molecule has 0 saturated carbocycles. The Morgan fingerprint density at radius 1 is 1.25 bits per heavy atom. The summed E-state index contributed by atoms with van der Waals surface area (Å²) in [7, 11) is 0. The molecular weight excluding hydrogens is 252 g/mol. The molecule has 0 aliphatic heterocycles. The largest absolute Gasteiger partial charge is 0.508 e. The van der Waals surface area contributed by atoms with Crippen molar-refractivity contribution in [1.29, 1.82) is 0 Å². The number of aromatic hydroxyl groups is 1. The van der Waals surface area contributed by atoms with Gasteiger partial charge in [0.2, 0.25) is 0 Å². The van der Waals surface area contributed by atoms with Gasteiger partial charge in [-0.25, -0.2) is 4.98 Å². The first-order valence-electron chi connectivity index (χ1n) is 6.52. The van der Waals surface area contributed by atoms with Crippen LogP contribution in [0.3, 0.4) is 0 Å². The lowest BCUT2D eigenvalue weighted by molar-refractivity contribution is 0.476. The Kier molecular flexibility index (Phi) is 3.02. The molecule has 2 N–H and O–H groups in total. The molecule has 0 atom stereocenters. The second kappa shape index (κ2) is 4.85. The van der Waals surface area contributed by atoms with E-state index in [9.17, 15) is 5.11 Å². The van der Waals surface area contributed by atoms with Crippen LogP contribution in [0.15, 0.2) is 42.9 Å². The molecule has 5 nitrogen and oxygen atoms in total. The number of hydrogen-bond donors (Lipinski definition) is 2. The number of fused-ring (bicyclic) bond motifs is 1. The van der Waals surface area contributed by atoms with Crippen LogP contribution in [0, 0.1) is 0 Å². The summed E-state index contributed by atoms with van der Waals surface area (Å²) in [5, 5.41) is 19.1. The van der Waals surface area contributed by atoms with Crippen molar-refractivity contribution in [2.24, 2.45) is 0 Å². The van der Waals surface area contributed by atoms with Gasteiger partial charge < -0.3 is 10.4 Å². The predicted molar refractivity (Wildman–Crippen MR) is 79.3 cm³/mol. The fourth-order valence-electron chi connectivity index (χ4n) is 2.08. The molecule has 0 radical (unpaired) electrons. The number of nitrogens with one attached hydrogen (secondary N) is 1. The second-order valence-electron chi connectivity index (χ2n) is 4.99. The van der Waals surface area contributed by atoms with Crippen LogP contribution in [0.2, 0.25) is 0 Å². The summed E-state index contributed by atoms with van der Waals surface area (Å²) in [6.07, 6.45) is 5.45. The maximum atomic E-state index is 9.63. The van der Waals surface area contributed by atoms with Crippen molar-refractivity contribution in [3.63, 3.8) is 0 Å². The van der Waals surface area contributed by atoms with Crippen LogP contribution in [0.25, 0.3) is 10.8 Å². The topological polar surface area (TPSA) is 63.0 Å². The maximum absolute atomic E-state index is 9.63. The molecule has 2 heterocycles. The monoisotopic (exact) mass is 268 g/mol. The zero-order valence-corrected chi connectivity index (χ0v) is 11.4. The van der Waals surface area contributed by atoms with Crippen molar-refractivity contribution < 1.29 is 5.11 Å². The molecule has 102 valence electrons. The SMILES string of the molecule is CC(C)n1cc(Nc2nccc3ccc(O)cc23)cn1. The minimum atomic E-state index is 0.228. The number of benzene rings is 1. The molecule has 0 bridgehead atoms. The Hall–Kier alpha value is -2.56. The average molecular weight is 268 g/mol. The van der Waals surface area contributed by atoms with Gasteiger partial charge in [0.05, 0.1) is 11.9 Å². The summed E-state index contributed by atoms with van der Waals surface area (Å²) in [6, 6.07) is 7.47. The number of nitrogens with zero attached hydrogens (tertiary/aromatic N) is 3. The number of aromatic nitrogens is 3. The van der Waals surface area contributed by atoms with E-state index in [-0.39, 0.29) is 5.75 Å². The van der Waals surface area contributed by atoms with E-state index in [1.807, 2.05) is 23.0 Å². The van der Waals surface area contributed by atoms with Crippen LogP contribution in [-0.4, -0.2) is 19.9 Å². The molecule has 3 aromatic rings. The number of rotatable bonds is 3. The lowest BCUT2D eigenvalue weighted by Gasteiger charge is -2.07. The third kappa shape index (κ3) is 2.30. The Bertz CT molecular complexity index is 748. The highest BCUT2D eigenvalue weighted by molar-refractivity contribution is 5.94. The van der Waals surface area contributed by atoms with E-state index in [2.05, 4.69) is 29.2 Å². The Morgan fingerprint density at radius 2 is 2.10 bits per heavy atom. The van der Waals surface area contributed by atoms with E-state index in [4.69, 9.17) is 0 Å². The molecule has 20 heavy (non-hydrogen) atoms. The number of hydrogen-bond acceptors (Lipinski definition) is 4. The first-order chi connectivity index (χ1) is 9.63. The summed E-state index contributed by atoms with van der Waals surface area (Å²) < 4.78 is 1.88. The molecule has 1 aromatic carbocycles. The van der Waals surface area contributed by atoms with Gasteiger partial charge in [-0.2, -0.15) is 5.10 Å². The van der Waals surface area contributed by atoms with Gasteiger partial charge in [-0.15, -0.1) is 0 Å². The highest BCUT2D eigenvalue weighted by atomic mass is 16.3. The number of phenolic OH excluding ortho intramolecular Hbond substituents is 1. The summed E-state index contributed by atoms with van der Waals surface area (Å²) in [5.74, 6) is 0.938. The third-order valence-corrected chi connectivity index (χ3v) is 3.14. The van der Waals surface area contributed by atoms with Crippen LogP contribution < -0.4 is 5.32 Å². The third-order valence-electron chi connectivity index (χ3n) is 3.14. The summed E-state index contributed by atoms with van der Waals surface area (Å²) in [4.78, 5) is 4.34. The van der Waals surface area contributed by atoms with Crippen molar-refractivity contribution in [2.45, 2.75) is 19.9 Å². The zero-order chi connectivity index (χ0) is 14.1. The highest BCUT2D eigenvalue weighted by Gasteiger charge is 2.06. The van der Waals surface area contributed by atoms with E-state index in [0.717, 1.165) is 16.5 Å². The van der Waals surface area contributed by atoms with E-state index < -0.39 is 0 Å². The maximum Gasteiger partial charge on any atom is 0.138 e. The van der Waals surface area contributed by atoms with Crippen molar-refractivity contribution in [3.8, 4) is 5.75 Å². The van der Waals surface area contributed by atoms with Crippen LogP contribution in [0.1, 0.15) is 19.9 Å². The summed E-state index contributed by atoms with van der Waals surface area (Å²) in [5.41, 5.74) is 0.877.